The third-order valence-electron chi connectivity index (χ3n) is 2.88. The Labute approximate surface area is 120 Å². The number of hydrogen-bond donors (Lipinski definition) is 2. The number of thioether (sulfide) groups is 1. The summed E-state index contributed by atoms with van der Waals surface area (Å²) in [5.41, 5.74) is 8.54. The van der Waals surface area contributed by atoms with Crippen molar-refractivity contribution in [1.29, 1.82) is 0 Å². The lowest BCUT2D eigenvalue weighted by molar-refractivity contribution is 0.704. The summed E-state index contributed by atoms with van der Waals surface area (Å²) in [5, 5.41) is 0.859. The first-order chi connectivity index (χ1) is 9.75. The van der Waals surface area contributed by atoms with Crippen LogP contribution in [-0.4, -0.2) is 31.0 Å². The van der Waals surface area contributed by atoms with E-state index in [1.165, 1.54) is 6.33 Å². The van der Waals surface area contributed by atoms with Gasteiger partial charge in [0.15, 0.2) is 5.65 Å². The minimum atomic E-state index is -0.0529. The van der Waals surface area contributed by atoms with Gasteiger partial charge in [0.1, 0.15) is 16.9 Å². The molecule has 0 bridgehead atoms. The molecule has 0 amide bonds. The number of pyridine rings is 1. The van der Waals surface area contributed by atoms with E-state index < -0.39 is 0 Å². The number of rotatable bonds is 4. The largest absolute Gasteiger partial charge is 0.341 e. The van der Waals surface area contributed by atoms with Gasteiger partial charge in [-0.2, -0.15) is 0 Å². The molecular weight excluding hydrogens is 272 g/mol. The molecule has 0 fully saturated rings. The summed E-state index contributed by atoms with van der Waals surface area (Å²) >= 11 is 1.57. The lowest BCUT2D eigenvalue weighted by Crippen LogP contribution is -2.23. The third kappa shape index (κ3) is 2.50. The fourth-order valence-corrected chi connectivity index (χ4v) is 3.03. The normalized spacial score (nSPS) is 14.3. The predicted molar refractivity (Wildman–Crippen MR) is 78.2 cm³/mol. The van der Waals surface area contributed by atoms with Gasteiger partial charge in [0.2, 0.25) is 0 Å². The van der Waals surface area contributed by atoms with Crippen LogP contribution in [0.15, 0.2) is 42.1 Å². The van der Waals surface area contributed by atoms with Crippen molar-refractivity contribution in [2.45, 2.75) is 23.2 Å². The van der Waals surface area contributed by atoms with Crippen molar-refractivity contribution < 1.29 is 0 Å². The van der Waals surface area contributed by atoms with Crippen molar-refractivity contribution in [2.24, 2.45) is 5.73 Å². The Morgan fingerprint density at radius 3 is 2.85 bits per heavy atom. The van der Waals surface area contributed by atoms with Crippen LogP contribution in [0.2, 0.25) is 0 Å². The summed E-state index contributed by atoms with van der Waals surface area (Å²) in [7, 11) is 0. The first-order valence-corrected chi connectivity index (χ1v) is 7.11. The second kappa shape index (κ2) is 5.56. The molecule has 3 aromatic rings. The van der Waals surface area contributed by atoms with E-state index in [1.54, 1.807) is 24.3 Å². The van der Waals surface area contributed by atoms with Crippen LogP contribution in [0.4, 0.5) is 0 Å². The third-order valence-corrected chi connectivity index (χ3v) is 4.34. The standard InChI is InChI=1S/C13H14N6S/c1-8(14)11(9-4-2-3-5-15-9)20-13-10-12(17-6-16-10)18-7-19-13/h2-8,11H,14H2,1H3,(H,16,17,18,19). The van der Waals surface area contributed by atoms with Gasteiger partial charge < -0.3 is 10.7 Å². The van der Waals surface area contributed by atoms with Gasteiger partial charge in [-0.1, -0.05) is 17.8 Å². The number of nitrogens with zero attached hydrogens (tertiary/aromatic N) is 4. The zero-order chi connectivity index (χ0) is 13.9. The van der Waals surface area contributed by atoms with Gasteiger partial charge >= 0.3 is 0 Å². The Balaban J connectivity index is 1.96. The first-order valence-electron chi connectivity index (χ1n) is 6.23. The first kappa shape index (κ1) is 13.0. The molecule has 0 aliphatic heterocycles. The van der Waals surface area contributed by atoms with Gasteiger partial charge in [-0.15, -0.1) is 0 Å². The van der Waals surface area contributed by atoms with E-state index in [1.807, 2.05) is 25.1 Å². The highest BCUT2D eigenvalue weighted by atomic mass is 32.2. The van der Waals surface area contributed by atoms with Gasteiger partial charge in [0, 0.05) is 12.2 Å². The van der Waals surface area contributed by atoms with Crippen LogP contribution in [-0.2, 0) is 0 Å². The Morgan fingerprint density at radius 1 is 1.20 bits per heavy atom. The zero-order valence-corrected chi connectivity index (χ0v) is 11.7. The minimum absolute atomic E-state index is 0.0256. The van der Waals surface area contributed by atoms with Crippen LogP contribution < -0.4 is 5.73 Å². The topological polar surface area (TPSA) is 93.4 Å². The van der Waals surface area contributed by atoms with Crippen molar-refractivity contribution in [3.05, 3.63) is 42.7 Å². The maximum absolute atomic E-state index is 6.11. The molecule has 0 aliphatic carbocycles. The molecule has 3 N–H and O–H groups in total. The molecule has 0 saturated heterocycles. The molecule has 102 valence electrons. The van der Waals surface area contributed by atoms with Crippen LogP contribution in [0, 0.1) is 0 Å². The lowest BCUT2D eigenvalue weighted by Gasteiger charge is -2.19. The highest BCUT2D eigenvalue weighted by molar-refractivity contribution is 7.99. The van der Waals surface area contributed by atoms with Gasteiger partial charge in [0.05, 0.1) is 17.3 Å². The van der Waals surface area contributed by atoms with Crippen molar-refractivity contribution in [1.82, 2.24) is 24.9 Å². The molecule has 3 rings (SSSR count). The number of aromatic amines is 1. The van der Waals surface area contributed by atoms with Crippen LogP contribution in [0.5, 0.6) is 0 Å². The summed E-state index contributed by atoms with van der Waals surface area (Å²) in [5.74, 6) is 0. The maximum atomic E-state index is 6.11. The molecule has 0 radical (unpaired) electrons. The van der Waals surface area contributed by atoms with E-state index in [0.717, 1.165) is 16.2 Å². The van der Waals surface area contributed by atoms with Gasteiger partial charge in [-0.25, -0.2) is 15.0 Å². The second-order valence-electron chi connectivity index (χ2n) is 4.43. The Bertz CT molecular complexity index is 696. The molecule has 0 spiro atoms. The average molecular weight is 286 g/mol. The van der Waals surface area contributed by atoms with E-state index in [2.05, 4.69) is 24.9 Å². The number of nitrogens with one attached hydrogen (secondary N) is 1. The molecule has 2 atom stereocenters. The lowest BCUT2D eigenvalue weighted by atomic mass is 10.2. The van der Waals surface area contributed by atoms with Crippen molar-refractivity contribution >= 4 is 22.9 Å². The van der Waals surface area contributed by atoms with Crippen LogP contribution in [0.25, 0.3) is 11.2 Å². The van der Waals surface area contributed by atoms with Gasteiger partial charge in [0.25, 0.3) is 0 Å². The van der Waals surface area contributed by atoms with E-state index in [0.29, 0.717) is 5.65 Å². The quantitative estimate of drug-likeness (QED) is 0.562. The summed E-state index contributed by atoms with van der Waals surface area (Å²) < 4.78 is 0. The van der Waals surface area contributed by atoms with Gasteiger partial charge in [-0.3, -0.25) is 4.98 Å². The number of H-pyrrole nitrogens is 1. The number of fused-ring (bicyclic) bond motifs is 1. The van der Waals surface area contributed by atoms with E-state index in [9.17, 15) is 0 Å². The molecule has 20 heavy (non-hydrogen) atoms. The van der Waals surface area contributed by atoms with Gasteiger partial charge in [-0.05, 0) is 19.1 Å². The number of hydrogen-bond acceptors (Lipinski definition) is 6. The Kier molecular flexibility index (Phi) is 3.62. The molecule has 0 aliphatic rings. The highest BCUT2D eigenvalue weighted by Gasteiger charge is 2.21. The predicted octanol–water partition coefficient (Wildman–Crippen LogP) is 1.93. The van der Waals surface area contributed by atoms with E-state index in [-0.39, 0.29) is 11.3 Å². The number of aromatic nitrogens is 5. The summed E-state index contributed by atoms with van der Waals surface area (Å²) in [6, 6.07) is 5.78. The molecule has 7 heteroatoms. The number of imidazole rings is 1. The molecule has 2 unspecified atom stereocenters. The van der Waals surface area contributed by atoms with Crippen LogP contribution in [0.1, 0.15) is 17.9 Å². The average Bonchev–Trinajstić information content (AvgIpc) is 2.94. The van der Waals surface area contributed by atoms with Crippen molar-refractivity contribution in [3.8, 4) is 0 Å². The molecular formula is C13H14N6S. The molecule has 0 aromatic carbocycles. The number of nitrogens with two attached hydrogens (primary N) is 1. The summed E-state index contributed by atoms with van der Waals surface area (Å²) in [6.07, 6.45) is 4.91. The fraction of sp³-hybridized carbons (Fsp3) is 0.231. The Morgan fingerprint density at radius 2 is 2.10 bits per heavy atom. The zero-order valence-electron chi connectivity index (χ0n) is 10.9. The molecule has 0 saturated carbocycles. The minimum Gasteiger partial charge on any atom is -0.341 e. The molecule has 3 heterocycles. The second-order valence-corrected chi connectivity index (χ2v) is 5.56. The van der Waals surface area contributed by atoms with Crippen LogP contribution >= 0.6 is 11.8 Å². The smallest absolute Gasteiger partial charge is 0.181 e. The maximum Gasteiger partial charge on any atom is 0.181 e. The summed E-state index contributed by atoms with van der Waals surface area (Å²) in [4.78, 5) is 20.0. The van der Waals surface area contributed by atoms with E-state index in [4.69, 9.17) is 5.73 Å². The Hall–Kier alpha value is -1.99. The van der Waals surface area contributed by atoms with Crippen molar-refractivity contribution in [2.75, 3.05) is 0 Å². The van der Waals surface area contributed by atoms with Crippen LogP contribution in [0.3, 0.4) is 0 Å². The fourth-order valence-electron chi connectivity index (χ4n) is 1.93. The summed E-state index contributed by atoms with van der Waals surface area (Å²) in [6.45, 7) is 1.97. The monoisotopic (exact) mass is 286 g/mol. The highest BCUT2D eigenvalue weighted by Crippen LogP contribution is 2.37. The van der Waals surface area contributed by atoms with Crippen molar-refractivity contribution in [3.63, 3.8) is 0 Å². The van der Waals surface area contributed by atoms with E-state index >= 15 is 0 Å². The SMILES string of the molecule is CC(N)C(Sc1ncnc2nc[nH]c12)c1ccccn1. The molecule has 3 aromatic heterocycles. The molecule has 6 nitrogen and oxygen atoms in total.